The molecule has 28 heavy (non-hydrogen) atoms. The summed E-state index contributed by atoms with van der Waals surface area (Å²) < 4.78 is 33.7. The Balaban J connectivity index is 2.34. The highest BCUT2D eigenvalue weighted by Gasteiger charge is 2.26. The Labute approximate surface area is 168 Å². The highest BCUT2D eigenvalue weighted by Crippen LogP contribution is 2.28. The second kappa shape index (κ2) is 7.90. The van der Waals surface area contributed by atoms with Crippen LogP contribution in [-0.4, -0.2) is 37.0 Å². The molecule has 0 fully saturated rings. The first-order chi connectivity index (χ1) is 12.8. The van der Waals surface area contributed by atoms with Crippen LogP contribution < -0.4 is 14.9 Å². The van der Waals surface area contributed by atoms with Gasteiger partial charge in [-0.3, -0.25) is 15.2 Å². The molecule has 0 amide bonds. The van der Waals surface area contributed by atoms with Crippen molar-refractivity contribution < 1.29 is 17.9 Å². The summed E-state index contributed by atoms with van der Waals surface area (Å²) in [5, 5.41) is 8.45. The van der Waals surface area contributed by atoms with Gasteiger partial charge in [-0.1, -0.05) is 6.07 Å². The van der Waals surface area contributed by atoms with Crippen molar-refractivity contribution in [3.05, 3.63) is 30.6 Å². The van der Waals surface area contributed by atoms with E-state index in [4.69, 9.17) is 27.7 Å². The summed E-state index contributed by atoms with van der Waals surface area (Å²) in [6.45, 7) is 6.49. The Bertz CT molecular complexity index is 1020. The van der Waals surface area contributed by atoms with Crippen molar-refractivity contribution in [2.24, 2.45) is 5.73 Å². The van der Waals surface area contributed by atoms with Gasteiger partial charge in [0.1, 0.15) is 11.6 Å². The summed E-state index contributed by atoms with van der Waals surface area (Å²) >= 11 is 5.97. The maximum atomic E-state index is 12.7. The highest BCUT2D eigenvalue weighted by molar-refractivity contribution is 7.89. The molecule has 152 valence electrons. The van der Waals surface area contributed by atoms with Gasteiger partial charge in [0.2, 0.25) is 16.0 Å². The van der Waals surface area contributed by atoms with Crippen molar-refractivity contribution in [2.75, 3.05) is 4.42 Å². The average molecular weight is 428 g/mol. The van der Waals surface area contributed by atoms with Gasteiger partial charge >= 0.3 is 5.97 Å². The number of fused-ring (bicyclic) bond motifs is 1. The SMILES string of the molecule is C[C@H](NS(=O)(=O)c1ccc2c(N(Cl)C(=N)N)cncc2c1)C(=O)OC(C)(C)C. The van der Waals surface area contributed by atoms with Crippen molar-refractivity contribution in [3.63, 3.8) is 0 Å². The molecule has 2 aromatic rings. The predicted molar refractivity (Wildman–Crippen MR) is 108 cm³/mol. The topological polar surface area (TPSA) is 138 Å². The summed E-state index contributed by atoms with van der Waals surface area (Å²) in [5.74, 6) is -1.08. The van der Waals surface area contributed by atoms with Crippen LogP contribution in [-0.2, 0) is 19.6 Å². The van der Waals surface area contributed by atoms with Gasteiger partial charge in [-0.05, 0) is 39.8 Å². The molecule has 1 atom stereocenters. The van der Waals surface area contributed by atoms with E-state index in [1.165, 1.54) is 37.5 Å². The lowest BCUT2D eigenvalue weighted by Crippen LogP contribution is -2.42. The Hall–Kier alpha value is -2.43. The summed E-state index contributed by atoms with van der Waals surface area (Å²) in [5.41, 5.74) is 4.99. The third kappa shape index (κ3) is 5.09. The zero-order valence-corrected chi connectivity index (χ0v) is 17.4. The third-order valence-electron chi connectivity index (χ3n) is 3.53. The first kappa shape index (κ1) is 21.9. The van der Waals surface area contributed by atoms with Crippen LogP contribution in [0.4, 0.5) is 5.69 Å². The number of benzene rings is 1. The molecule has 0 bridgehead atoms. The standard InChI is InChI=1S/C17H22ClN5O4S/c1-10(15(24)27-17(2,3)4)22-28(25,26)12-5-6-13-11(7-12)8-21-9-14(13)23(18)16(19)20/h5-10,22H,1-4H3,(H3,19,20)/t10-/m0/s1. The van der Waals surface area contributed by atoms with E-state index in [1.807, 2.05) is 0 Å². The largest absolute Gasteiger partial charge is 0.459 e. The van der Waals surface area contributed by atoms with Crippen LogP contribution in [0.15, 0.2) is 35.5 Å². The van der Waals surface area contributed by atoms with E-state index >= 15 is 0 Å². The number of nitrogens with zero attached hydrogens (tertiary/aromatic N) is 2. The zero-order valence-electron chi connectivity index (χ0n) is 15.9. The summed E-state index contributed by atoms with van der Waals surface area (Å²) in [4.78, 5) is 16.0. The quantitative estimate of drug-likeness (QED) is 0.287. The number of pyridine rings is 1. The number of hydrogen-bond acceptors (Lipinski definition) is 6. The van der Waals surface area contributed by atoms with Crippen LogP contribution in [0.2, 0.25) is 0 Å². The summed E-state index contributed by atoms with van der Waals surface area (Å²) in [6, 6.07) is 3.21. The van der Waals surface area contributed by atoms with Crippen LogP contribution in [0.5, 0.6) is 0 Å². The molecule has 0 saturated carbocycles. The molecule has 0 spiro atoms. The molecule has 2 rings (SSSR count). The fourth-order valence-electron chi connectivity index (χ4n) is 2.33. The van der Waals surface area contributed by atoms with E-state index in [1.54, 1.807) is 20.8 Å². The van der Waals surface area contributed by atoms with Crippen LogP contribution in [0.3, 0.4) is 0 Å². The molecule has 1 aromatic heterocycles. The number of aromatic nitrogens is 1. The molecule has 0 aliphatic carbocycles. The number of rotatable bonds is 5. The molecule has 1 aromatic carbocycles. The molecule has 4 N–H and O–H groups in total. The van der Waals surface area contributed by atoms with Gasteiger partial charge in [-0.15, -0.1) is 0 Å². The maximum absolute atomic E-state index is 12.7. The highest BCUT2D eigenvalue weighted by atomic mass is 35.5. The number of ether oxygens (including phenoxy) is 1. The number of anilines is 1. The van der Waals surface area contributed by atoms with Crippen molar-refractivity contribution >= 4 is 50.2 Å². The second-order valence-corrected chi connectivity index (χ2v) is 9.14. The number of hydrogen-bond donors (Lipinski definition) is 3. The molecule has 0 unspecified atom stereocenters. The number of nitrogens with two attached hydrogens (primary N) is 1. The van der Waals surface area contributed by atoms with Gasteiger partial charge < -0.3 is 10.5 Å². The van der Waals surface area contributed by atoms with Crippen LogP contribution >= 0.6 is 11.8 Å². The van der Waals surface area contributed by atoms with E-state index in [9.17, 15) is 13.2 Å². The Morgan fingerprint density at radius 2 is 2.00 bits per heavy atom. The molecule has 1 heterocycles. The number of esters is 1. The van der Waals surface area contributed by atoms with Gasteiger partial charge in [-0.2, -0.15) is 4.72 Å². The van der Waals surface area contributed by atoms with E-state index in [0.717, 1.165) is 4.42 Å². The van der Waals surface area contributed by atoms with E-state index < -0.39 is 33.6 Å². The lowest BCUT2D eigenvalue weighted by molar-refractivity contribution is -0.156. The average Bonchev–Trinajstić information content (AvgIpc) is 2.58. The normalized spacial score (nSPS) is 13.2. The minimum absolute atomic E-state index is 0.0571. The second-order valence-electron chi connectivity index (χ2n) is 7.08. The fraction of sp³-hybridized carbons (Fsp3) is 0.353. The number of carbonyl (C=O) groups excluding carboxylic acids is 1. The van der Waals surface area contributed by atoms with Crippen LogP contribution in [0.25, 0.3) is 10.8 Å². The van der Waals surface area contributed by atoms with Crippen molar-refractivity contribution in [2.45, 2.75) is 44.2 Å². The Morgan fingerprint density at radius 3 is 2.57 bits per heavy atom. The van der Waals surface area contributed by atoms with Crippen molar-refractivity contribution in [1.82, 2.24) is 9.71 Å². The summed E-state index contributed by atoms with van der Waals surface area (Å²) in [6.07, 6.45) is 2.87. The zero-order chi connectivity index (χ0) is 21.3. The van der Waals surface area contributed by atoms with Crippen LogP contribution in [0.1, 0.15) is 27.7 Å². The number of guanidine groups is 1. The van der Waals surface area contributed by atoms with Crippen LogP contribution in [0, 0.1) is 5.41 Å². The lowest BCUT2D eigenvalue weighted by Gasteiger charge is -2.22. The first-order valence-electron chi connectivity index (χ1n) is 8.25. The number of halogens is 1. The molecular formula is C17H22ClN5O4S. The monoisotopic (exact) mass is 427 g/mol. The van der Waals surface area contributed by atoms with Gasteiger partial charge in [-0.25, -0.2) is 12.8 Å². The minimum Gasteiger partial charge on any atom is -0.459 e. The van der Waals surface area contributed by atoms with E-state index in [2.05, 4.69) is 9.71 Å². The molecular weight excluding hydrogens is 406 g/mol. The van der Waals surface area contributed by atoms with Gasteiger partial charge in [0, 0.05) is 28.7 Å². The first-order valence-corrected chi connectivity index (χ1v) is 10.1. The molecule has 11 heteroatoms. The fourth-order valence-corrected chi connectivity index (χ4v) is 3.69. The van der Waals surface area contributed by atoms with Gasteiger partial charge in [0.15, 0.2) is 0 Å². The predicted octanol–water partition coefficient (Wildman–Crippen LogP) is 2.10. The molecule has 0 aliphatic heterocycles. The lowest BCUT2D eigenvalue weighted by atomic mass is 10.1. The Kier molecular flexibility index (Phi) is 6.17. The molecule has 0 radical (unpaired) electrons. The smallest absolute Gasteiger partial charge is 0.324 e. The minimum atomic E-state index is -3.99. The third-order valence-corrected chi connectivity index (χ3v) is 5.44. The molecule has 0 aliphatic rings. The molecule has 0 saturated heterocycles. The number of nitrogens with one attached hydrogen (secondary N) is 2. The van der Waals surface area contributed by atoms with E-state index in [0.29, 0.717) is 16.5 Å². The van der Waals surface area contributed by atoms with E-state index in [-0.39, 0.29) is 4.90 Å². The van der Waals surface area contributed by atoms with Crippen molar-refractivity contribution in [1.29, 1.82) is 5.41 Å². The Morgan fingerprint density at radius 1 is 1.36 bits per heavy atom. The summed E-state index contributed by atoms with van der Waals surface area (Å²) in [7, 11) is -3.99. The number of sulfonamides is 1. The van der Waals surface area contributed by atoms with Gasteiger partial charge in [0.25, 0.3) is 0 Å². The number of carbonyl (C=O) groups is 1. The maximum Gasteiger partial charge on any atom is 0.324 e. The molecule has 9 nitrogen and oxygen atoms in total. The van der Waals surface area contributed by atoms with Crippen molar-refractivity contribution in [3.8, 4) is 0 Å². The van der Waals surface area contributed by atoms with Gasteiger partial charge in [0.05, 0.1) is 16.8 Å².